The average molecular weight is 172 g/mol. The number of carboxylic acids is 1. The first-order chi connectivity index (χ1) is 5.77. The molecule has 4 nitrogen and oxygen atoms in total. The molecule has 0 rings (SSSR count). The van der Waals surface area contributed by atoms with Crippen LogP contribution in [0, 0.1) is 12.3 Å². The number of hydrogen-bond acceptors (Lipinski definition) is 3. The van der Waals surface area contributed by atoms with Crippen LogP contribution >= 0.6 is 0 Å². The summed E-state index contributed by atoms with van der Waals surface area (Å²) in [5, 5.41) is 8.17. The summed E-state index contributed by atoms with van der Waals surface area (Å²) in [5.41, 5.74) is 0. The second-order valence-electron chi connectivity index (χ2n) is 2.06. The van der Waals surface area contributed by atoms with Gasteiger partial charge in [-0.3, -0.25) is 0 Å². The minimum absolute atomic E-state index is 0.255. The predicted molar refractivity (Wildman–Crippen MR) is 42.7 cm³/mol. The third-order valence-electron chi connectivity index (χ3n) is 0.988. The van der Waals surface area contributed by atoms with Crippen LogP contribution in [0.1, 0.15) is 6.42 Å². The van der Waals surface area contributed by atoms with Crippen LogP contribution in [0.2, 0.25) is 0 Å². The highest BCUT2D eigenvalue weighted by molar-refractivity contribution is 5.67. The molecule has 0 amide bonds. The minimum Gasteiger partial charge on any atom is -0.480 e. The molecule has 0 saturated heterocycles. The Labute approximate surface area is 71.5 Å². The zero-order chi connectivity index (χ0) is 9.23. The van der Waals surface area contributed by atoms with Gasteiger partial charge in [0.25, 0.3) is 0 Å². The maximum absolute atomic E-state index is 9.95. The Balaban J connectivity index is 2.92. The summed E-state index contributed by atoms with van der Waals surface area (Å²) < 4.78 is 9.67. The van der Waals surface area contributed by atoms with Crippen molar-refractivity contribution in [1.29, 1.82) is 0 Å². The summed E-state index contributed by atoms with van der Waals surface area (Å²) in [6, 6.07) is 0. The van der Waals surface area contributed by atoms with Crippen molar-refractivity contribution in [2.45, 2.75) is 6.42 Å². The summed E-state index contributed by atoms with van der Waals surface area (Å²) in [6.45, 7) is 0.925. The van der Waals surface area contributed by atoms with Gasteiger partial charge in [0.1, 0.15) is 13.2 Å². The first-order valence-electron chi connectivity index (χ1n) is 3.58. The molecule has 0 aromatic heterocycles. The van der Waals surface area contributed by atoms with Crippen molar-refractivity contribution in [2.75, 3.05) is 26.4 Å². The van der Waals surface area contributed by atoms with Crippen LogP contribution in [0.3, 0.4) is 0 Å². The maximum Gasteiger partial charge on any atom is 0.329 e. The molecule has 0 atom stereocenters. The van der Waals surface area contributed by atoms with E-state index in [4.69, 9.17) is 21.0 Å². The lowest BCUT2D eigenvalue weighted by Crippen LogP contribution is -2.09. The summed E-state index contributed by atoms with van der Waals surface area (Å²) >= 11 is 0. The number of carboxylic acid groups (broad SMARTS) is 1. The second-order valence-corrected chi connectivity index (χ2v) is 2.06. The Morgan fingerprint density at radius 2 is 2.08 bits per heavy atom. The molecular weight excluding hydrogens is 160 g/mol. The van der Waals surface area contributed by atoms with Gasteiger partial charge in [0, 0.05) is 6.61 Å². The Kier molecular flexibility index (Phi) is 7.35. The van der Waals surface area contributed by atoms with Crippen LogP contribution in [0.4, 0.5) is 0 Å². The van der Waals surface area contributed by atoms with E-state index in [9.17, 15) is 4.79 Å². The van der Waals surface area contributed by atoms with Crippen molar-refractivity contribution in [3.05, 3.63) is 0 Å². The quantitative estimate of drug-likeness (QED) is 0.438. The van der Waals surface area contributed by atoms with E-state index < -0.39 is 5.97 Å². The molecule has 1 N–H and O–H groups in total. The number of rotatable bonds is 7. The molecule has 0 aliphatic carbocycles. The van der Waals surface area contributed by atoms with Crippen molar-refractivity contribution in [3.8, 4) is 12.3 Å². The van der Waals surface area contributed by atoms with Crippen LogP contribution in [-0.2, 0) is 14.3 Å². The molecule has 0 heterocycles. The van der Waals surface area contributed by atoms with Crippen molar-refractivity contribution in [2.24, 2.45) is 0 Å². The zero-order valence-electron chi connectivity index (χ0n) is 6.78. The van der Waals surface area contributed by atoms with Crippen LogP contribution in [0.25, 0.3) is 0 Å². The molecule has 0 aromatic rings. The molecule has 0 spiro atoms. The third-order valence-corrected chi connectivity index (χ3v) is 0.988. The molecule has 0 aliphatic heterocycles. The summed E-state index contributed by atoms with van der Waals surface area (Å²) in [4.78, 5) is 9.95. The molecule has 68 valence electrons. The Morgan fingerprint density at radius 3 is 2.67 bits per heavy atom. The Hall–Kier alpha value is -1.05. The van der Waals surface area contributed by atoms with Gasteiger partial charge in [0.15, 0.2) is 0 Å². The van der Waals surface area contributed by atoms with Crippen molar-refractivity contribution >= 4 is 5.97 Å². The van der Waals surface area contributed by atoms with Gasteiger partial charge in [-0.1, -0.05) is 5.92 Å². The highest BCUT2D eigenvalue weighted by atomic mass is 16.5. The summed E-state index contributed by atoms with van der Waals surface area (Å²) in [6.07, 6.45) is 5.59. The van der Waals surface area contributed by atoms with Gasteiger partial charge in [-0.15, -0.1) is 6.42 Å². The molecule has 0 aromatic carbocycles. The second kappa shape index (κ2) is 8.05. The van der Waals surface area contributed by atoms with Gasteiger partial charge in [-0.05, 0) is 6.42 Å². The molecule has 0 fully saturated rings. The summed E-state index contributed by atoms with van der Waals surface area (Å²) in [5.74, 6) is 1.36. The zero-order valence-corrected chi connectivity index (χ0v) is 6.78. The fraction of sp³-hybridized carbons (Fsp3) is 0.625. The van der Waals surface area contributed by atoms with E-state index in [2.05, 4.69) is 5.92 Å². The topological polar surface area (TPSA) is 55.8 Å². The largest absolute Gasteiger partial charge is 0.480 e. The van der Waals surface area contributed by atoms with Gasteiger partial charge >= 0.3 is 5.97 Å². The minimum atomic E-state index is -0.959. The van der Waals surface area contributed by atoms with Crippen LogP contribution < -0.4 is 0 Å². The van der Waals surface area contributed by atoms with Crippen molar-refractivity contribution in [3.63, 3.8) is 0 Å². The normalized spacial score (nSPS) is 9.25. The number of carbonyl (C=O) groups is 1. The first kappa shape index (κ1) is 11.0. The number of aliphatic carboxylic acids is 1. The van der Waals surface area contributed by atoms with E-state index in [0.29, 0.717) is 26.2 Å². The smallest absolute Gasteiger partial charge is 0.329 e. The van der Waals surface area contributed by atoms with E-state index in [1.807, 2.05) is 0 Å². The lowest BCUT2D eigenvalue weighted by molar-refractivity contribution is -0.142. The Bertz CT molecular complexity index is 159. The number of terminal acetylenes is 1. The number of hydrogen-bond donors (Lipinski definition) is 1. The highest BCUT2D eigenvalue weighted by Gasteiger charge is 1.94. The van der Waals surface area contributed by atoms with Gasteiger partial charge in [0.2, 0.25) is 0 Å². The lowest BCUT2D eigenvalue weighted by Gasteiger charge is -2.00. The number of ether oxygens (including phenoxy) is 2. The average Bonchev–Trinajstić information content (AvgIpc) is 2.02. The van der Waals surface area contributed by atoms with Crippen molar-refractivity contribution in [1.82, 2.24) is 0 Å². The van der Waals surface area contributed by atoms with Crippen LogP contribution in [-0.4, -0.2) is 37.5 Å². The maximum atomic E-state index is 9.95. The fourth-order valence-electron chi connectivity index (χ4n) is 0.554. The van der Waals surface area contributed by atoms with Crippen molar-refractivity contribution < 1.29 is 19.4 Å². The molecule has 0 saturated carbocycles. The fourth-order valence-corrected chi connectivity index (χ4v) is 0.554. The standard InChI is InChI=1S/C8H12O4/c1-2-4-11-5-3-6-12-7-8(9)10/h1H,3-7H2,(H,9,10). The van der Waals surface area contributed by atoms with E-state index >= 15 is 0 Å². The monoisotopic (exact) mass is 172 g/mol. The molecule has 12 heavy (non-hydrogen) atoms. The third kappa shape index (κ3) is 8.95. The van der Waals surface area contributed by atoms with Gasteiger partial charge in [-0.25, -0.2) is 4.79 Å². The lowest BCUT2D eigenvalue weighted by atomic mass is 10.5. The molecule has 0 unspecified atom stereocenters. The predicted octanol–water partition coefficient (Wildman–Crippen LogP) is 0.128. The van der Waals surface area contributed by atoms with E-state index in [0.717, 1.165) is 0 Å². The van der Waals surface area contributed by atoms with Crippen LogP contribution in [0.15, 0.2) is 0 Å². The summed E-state index contributed by atoms with van der Waals surface area (Å²) in [7, 11) is 0. The van der Waals surface area contributed by atoms with Gasteiger partial charge in [-0.2, -0.15) is 0 Å². The molecule has 4 heteroatoms. The molecular formula is C8H12O4. The van der Waals surface area contributed by atoms with E-state index in [-0.39, 0.29) is 6.61 Å². The van der Waals surface area contributed by atoms with Crippen LogP contribution in [0.5, 0.6) is 0 Å². The van der Waals surface area contributed by atoms with Gasteiger partial charge < -0.3 is 14.6 Å². The first-order valence-corrected chi connectivity index (χ1v) is 3.58. The molecule has 0 radical (unpaired) electrons. The van der Waals surface area contributed by atoms with E-state index in [1.54, 1.807) is 0 Å². The molecule has 0 bridgehead atoms. The highest BCUT2D eigenvalue weighted by Crippen LogP contribution is 1.84. The molecule has 0 aliphatic rings. The van der Waals surface area contributed by atoms with E-state index in [1.165, 1.54) is 0 Å². The van der Waals surface area contributed by atoms with Gasteiger partial charge in [0.05, 0.1) is 6.61 Å². The Morgan fingerprint density at radius 1 is 1.42 bits per heavy atom. The SMILES string of the molecule is C#CCOCCCOCC(=O)O.